The van der Waals surface area contributed by atoms with E-state index in [1.165, 1.54) is 11.8 Å². The lowest BCUT2D eigenvalue weighted by Crippen LogP contribution is -2.25. The van der Waals surface area contributed by atoms with Crippen LogP contribution >= 0.6 is 23.4 Å². The van der Waals surface area contributed by atoms with Gasteiger partial charge in [-0.3, -0.25) is 9.59 Å². The largest absolute Gasteiger partial charge is 0.487 e. The molecule has 2 N–H and O–H groups in total. The summed E-state index contributed by atoms with van der Waals surface area (Å²) in [4.78, 5) is 24.6. The molecule has 29 heavy (non-hydrogen) atoms. The normalized spacial score (nSPS) is 11.6. The van der Waals surface area contributed by atoms with Crippen molar-refractivity contribution in [2.45, 2.75) is 19.1 Å². The van der Waals surface area contributed by atoms with E-state index in [-0.39, 0.29) is 17.6 Å². The first-order valence-corrected chi connectivity index (χ1v) is 10.5. The van der Waals surface area contributed by atoms with Gasteiger partial charge < -0.3 is 20.1 Å². The third-order valence-electron chi connectivity index (χ3n) is 3.93. The number of thioether (sulfide) groups is 1. The summed E-state index contributed by atoms with van der Waals surface area (Å²) in [6.45, 7) is 4.44. The highest BCUT2D eigenvalue weighted by molar-refractivity contribution is 8.01. The van der Waals surface area contributed by atoms with Gasteiger partial charge >= 0.3 is 0 Å². The summed E-state index contributed by atoms with van der Waals surface area (Å²) in [5.74, 6) is 0.158. The Bertz CT molecular complexity index is 830. The Morgan fingerprint density at radius 1 is 1.10 bits per heavy atom. The van der Waals surface area contributed by atoms with E-state index < -0.39 is 5.25 Å². The zero-order chi connectivity index (χ0) is 21.2. The number of carbonyl (C=O) groups excluding carboxylic acids is 2. The highest BCUT2D eigenvalue weighted by atomic mass is 35.5. The molecular formula is C21H25ClN2O4S. The number of hydrogen-bond donors (Lipinski definition) is 2. The zero-order valence-corrected chi connectivity index (χ0v) is 18.2. The first-order valence-electron chi connectivity index (χ1n) is 9.10. The van der Waals surface area contributed by atoms with Crippen molar-refractivity contribution in [2.75, 3.05) is 36.7 Å². The van der Waals surface area contributed by atoms with Crippen molar-refractivity contribution < 1.29 is 19.1 Å². The number of amides is 2. The molecule has 6 nitrogen and oxygen atoms in total. The van der Waals surface area contributed by atoms with E-state index >= 15 is 0 Å². The molecule has 0 aliphatic heterocycles. The topological polar surface area (TPSA) is 76.7 Å². The van der Waals surface area contributed by atoms with Crippen molar-refractivity contribution in [3.8, 4) is 5.75 Å². The van der Waals surface area contributed by atoms with Gasteiger partial charge in [0.25, 0.3) is 0 Å². The molecule has 1 atom stereocenters. The molecule has 8 heteroatoms. The molecule has 0 saturated carbocycles. The average Bonchev–Trinajstić information content (AvgIpc) is 2.70. The molecular weight excluding hydrogens is 412 g/mol. The van der Waals surface area contributed by atoms with Crippen molar-refractivity contribution in [3.63, 3.8) is 0 Å². The highest BCUT2D eigenvalue weighted by Crippen LogP contribution is 2.33. The summed E-state index contributed by atoms with van der Waals surface area (Å²) in [7, 11) is 1.58. The molecule has 0 heterocycles. The minimum Gasteiger partial charge on any atom is -0.487 e. The molecule has 156 valence electrons. The maximum absolute atomic E-state index is 12.5. The number of anilines is 2. The van der Waals surface area contributed by atoms with Crippen LogP contribution in [0.4, 0.5) is 11.4 Å². The minimum atomic E-state index is -0.440. The van der Waals surface area contributed by atoms with Crippen LogP contribution in [0.1, 0.15) is 12.5 Å². The second-order valence-corrected chi connectivity index (χ2v) is 8.05. The first kappa shape index (κ1) is 23.1. The third kappa shape index (κ3) is 7.61. The van der Waals surface area contributed by atoms with Gasteiger partial charge in [0, 0.05) is 12.8 Å². The molecule has 0 saturated heterocycles. The van der Waals surface area contributed by atoms with Crippen molar-refractivity contribution in [1.29, 1.82) is 0 Å². The molecule has 1 unspecified atom stereocenters. The van der Waals surface area contributed by atoms with E-state index in [0.717, 1.165) is 11.3 Å². The van der Waals surface area contributed by atoms with E-state index in [1.807, 2.05) is 31.2 Å². The van der Waals surface area contributed by atoms with Gasteiger partial charge in [0.2, 0.25) is 11.8 Å². The molecule has 2 aromatic carbocycles. The molecule has 0 radical (unpaired) electrons. The number of methoxy groups -OCH3 is 1. The van der Waals surface area contributed by atoms with E-state index in [2.05, 4.69) is 10.6 Å². The number of carbonyl (C=O) groups is 2. The van der Waals surface area contributed by atoms with Gasteiger partial charge in [0.1, 0.15) is 6.61 Å². The Labute approximate surface area is 180 Å². The van der Waals surface area contributed by atoms with Gasteiger partial charge in [0.05, 0.1) is 28.3 Å². The number of benzene rings is 2. The molecule has 2 amide bonds. The van der Waals surface area contributed by atoms with Crippen LogP contribution in [-0.4, -0.2) is 43.1 Å². The zero-order valence-electron chi connectivity index (χ0n) is 16.7. The van der Waals surface area contributed by atoms with Crippen LogP contribution in [0.2, 0.25) is 5.02 Å². The fourth-order valence-electron chi connectivity index (χ4n) is 2.33. The van der Waals surface area contributed by atoms with Crippen LogP contribution < -0.4 is 15.4 Å². The molecule has 0 spiro atoms. The van der Waals surface area contributed by atoms with Gasteiger partial charge in [-0.1, -0.05) is 35.4 Å². The Balaban J connectivity index is 1.88. The number of para-hydroxylation sites is 1. The fourth-order valence-corrected chi connectivity index (χ4v) is 3.24. The number of nitrogens with one attached hydrogen (secondary N) is 2. The first-order chi connectivity index (χ1) is 13.9. The minimum absolute atomic E-state index is 0.162. The van der Waals surface area contributed by atoms with E-state index in [1.54, 1.807) is 32.2 Å². The highest BCUT2D eigenvalue weighted by Gasteiger charge is 2.18. The Morgan fingerprint density at radius 3 is 2.52 bits per heavy atom. The number of ether oxygens (including phenoxy) is 2. The van der Waals surface area contributed by atoms with Crippen molar-refractivity contribution in [1.82, 2.24) is 0 Å². The summed E-state index contributed by atoms with van der Waals surface area (Å²) in [5, 5.41) is 5.59. The van der Waals surface area contributed by atoms with Crippen LogP contribution in [0, 0.1) is 6.92 Å². The fraction of sp³-hybridized carbons (Fsp3) is 0.333. The summed E-state index contributed by atoms with van der Waals surface area (Å²) >= 11 is 7.43. The standard InChI is InChI=1S/C21H25ClN2O4S/c1-14-7-9-16(10-8-14)23-19(25)13-29-15(2)21(26)24-18-6-4-5-17(22)20(18)28-12-11-27-3/h4-10,15H,11-13H2,1-3H3,(H,23,25)(H,24,26). The Hall–Kier alpha value is -2.22. The second kappa shape index (κ2) is 11.7. The van der Waals surface area contributed by atoms with Gasteiger partial charge in [0.15, 0.2) is 5.75 Å². The molecule has 2 aromatic rings. The smallest absolute Gasteiger partial charge is 0.237 e. The van der Waals surface area contributed by atoms with Crippen molar-refractivity contribution in [3.05, 3.63) is 53.1 Å². The molecule has 0 fully saturated rings. The maximum atomic E-state index is 12.5. The van der Waals surface area contributed by atoms with E-state index in [0.29, 0.717) is 29.7 Å². The molecule has 0 aliphatic carbocycles. The van der Waals surface area contributed by atoms with Crippen molar-refractivity contribution >= 4 is 46.6 Å². The lowest BCUT2D eigenvalue weighted by molar-refractivity contribution is -0.115. The summed E-state index contributed by atoms with van der Waals surface area (Å²) in [5.41, 5.74) is 2.33. The summed E-state index contributed by atoms with van der Waals surface area (Å²) < 4.78 is 10.6. The molecule has 2 rings (SSSR count). The predicted octanol–water partition coefficient (Wildman–Crippen LogP) is 4.37. The number of rotatable bonds is 10. The lowest BCUT2D eigenvalue weighted by Gasteiger charge is -2.16. The lowest BCUT2D eigenvalue weighted by atomic mass is 10.2. The third-order valence-corrected chi connectivity index (χ3v) is 5.37. The van der Waals surface area contributed by atoms with Gasteiger partial charge in [-0.2, -0.15) is 0 Å². The molecule has 0 bridgehead atoms. The Kier molecular flexibility index (Phi) is 9.31. The van der Waals surface area contributed by atoms with Crippen molar-refractivity contribution in [2.24, 2.45) is 0 Å². The number of halogens is 1. The van der Waals surface area contributed by atoms with Crippen LogP contribution in [0.3, 0.4) is 0 Å². The maximum Gasteiger partial charge on any atom is 0.237 e. The SMILES string of the molecule is COCCOc1c(Cl)cccc1NC(=O)C(C)SCC(=O)Nc1ccc(C)cc1. The van der Waals surface area contributed by atoms with Crippen LogP contribution in [0.5, 0.6) is 5.75 Å². The van der Waals surface area contributed by atoms with Gasteiger partial charge in [-0.05, 0) is 38.1 Å². The number of hydrogen-bond acceptors (Lipinski definition) is 5. The van der Waals surface area contributed by atoms with Crippen LogP contribution in [0.15, 0.2) is 42.5 Å². The van der Waals surface area contributed by atoms with Gasteiger partial charge in [-0.25, -0.2) is 0 Å². The predicted molar refractivity (Wildman–Crippen MR) is 119 cm³/mol. The second-order valence-electron chi connectivity index (χ2n) is 6.31. The molecule has 0 aliphatic rings. The van der Waals surface area contributed by atoms with E-state index in [4.69, 9.17) is 21.1 Å². The van der Waals surface area contributed by atoms with Crippen LogP contribution in [0.25, 0.3) is 0 Å². The van der Waals surface area contributed by atoms with Crippen LogP contribution in [-0.2, 0) is 14.3 Å². The number of aryl methyl sites for hydroxylation is 1. The summed E-state index contributed by atoms with van der Waals surface area (Å²) in [6, 6.07) is 12.7. The average molecular weight is 437 g/mol. The Morgan fingerprint density at radius 2 is 1.83 bits per heavy atom. The van der Waals surface area contributed by atoms with Gasteiger partial charge in [-0.15, -0.1) is 11.8 Å². The van der Waals surface area contributed by atoms with E-state index in [9.17, 15) is 9.59 Å². The molecule has 0 aromatic heterocycles. The monoisotopic (exact) mass is 436 g/mol. The summed E-state index contributed by atoms with van der Waals surface area (Å²) in [6.07, 6.45) is 0. The quantitative estimate of drug-likeness (QED) is 0.541.